The van der Waals surface area contributed by atoms with Crippen molar-refractivity contribution in [1.29, 1.82) is 0 Å². The highest BCUT2D eigenvalue weighted by atomic mass is 16.7. The van der Waals surface area contributed by atoms with Gasteiger partial charge in [0.15, 0.2) is 0 Å². The number of amides is 3. The molecule has 0 aromatic rings. The Kier molecular flexibility index (Phi) is 26.2. The number of hydrogen-bond acceptors (Lipinski definition) is 7. The van der Waals surface area contributed by atoms with Crippen LogP contribution in [0.2, 0.25) is 0 Å². The lowest BCUT2D eigenvalue weighted by molar-refractivity contribution is -0.187. The number of hydroxylamine groups is 6. The summed E-state index contributed by atoms with van der Waals surface area (Å²) < 4.78 is 5.48. The molecule has 0 unspecified atom stereocenters. The quantitative estimate of drug-likeness (QED) is 0.0633. The van der Waals surface area contributed by atoms with Crippen LogP contribution in [0.15, 0.2) is 0 Å². The highest BCUT2D eigenvalue weighted by Crippen LogP contribution is 2.14. The molecule has 0 aliphatic rings. The van der Waals surface area contributed by atoms with Crippen LogP contribution in [0.3, 0.4) is 0 Å². The fraction of sp³-hybridized carbons (Fsp3) is 0.912. The first-order valence-corrected chi connectivity index (χ1v) is 17.5. The number of unbranched alkanes of at least 4 members (excludes halogenated alkanes) is 11. The van der Waals surface area contributed by atoms with Gasteiger partial charge >= 0.3 is 6.09 Å². The van der Waals surface area contributed by atoms with Gasteiger partial charge in [0, 0.05) is 26.4 Å². The van der Waals surface area contributed by atoms with Crippen molar-refractivity contribution in [3.63, 3.8) is 0 Å². The van der Waals surface area contributed by atoms with Crippen molar-refractivity contribution in [2.24, 2.45) is 0 Å². The van der Waals surface area contributed by atoms with Crippen molar-refractivity contribution in [2.45, 2.75) is 163 Å². The lowest BCUT2D eigenvalue weighted by Gasteiger charge is -2.26. The summed E-state index contributed by atoms with van der Waals surface area (Å²) in [6.45, 7) is 14.6. The van der Waals surface area contributed by atoms with Gasteiger partial charge in [-0.1, -0.05) is 78.6 Å². The highest BCUT2D eigenvalue weighted by molar-refractivity contribution is 5.75. The van der Waals surface area contributed by atoms with Crippen LogP contribution in [0.25, 0.3) is 0 Å². The van der Waals surface area contributed by atoms with Gasteiger partial charge < -0.3 is 4.74 Å². The van der Waals surface area contributed by atoms with Crippen molar-refractivity contribution < 1.29 is 33.6 Å². The smallest absolute Gasteiger partial charge is 0.434 e. The topological polar surface area (TPSA) is 97.9 Å². The average molecular weight is 630 g/mol. The van der Waals surface area contributed by atoms with Crippen molar-refractivity contribution in [1.82, 2.24) is 15.2 Å². The molecular formula is C34H67N3O7. The minimum Gasteiger partial charge on any atom is -0.442 e. The summed E-state index contributed by atoms with van der Waals surface area (Å²) in [5.74, 6) is 0.0830. The molecule has 44 heavy (non-hydrogen) atoms. The largest absolute Gasteiger partial charge is 0.442 e. The van der Waals surface area contributed by atoms with E-state index < -0.39 is 11.7 Å². The zero-order chi connectivity index (χ0) is 33.1. The van der Waals surface area contributed by atoms with Crippen LogP contribution in [-0.4, -0.2) is 78.7 Å². The van der Waals surface area contributed by atoms with Gasteiger partial charge in [-0.05, 0) is 65.7 Å². The van der Waals surface area contributed by atoms with E-state index in [0.717, 1.165) is 103 Å². The van der Waals surface area contributed by atoms with Gasteiger partial charge in [0.1, 0.15) is 5.60 Å². The molecule has 0 N–H and O–H groups in total. The summed E-state index contributed by atoms with van der Waals surface area (Å²) in [5, 5.41) is 4.31. The molecule has 0 radical (unpaired) electrons. The molecular weight excluding hydrogens is 562 g/mol. The molecule has 0 spiro atoms. The Morgan fingerprint density at radius 2 is 0.932 bits per heavy atom. The van der Waals surface area contributed by atoms with Crippen LogP contribution in [-0.2, 0) is 28.8 Å². The van der Waals surface area contributed by atoms with Crippen molar-refractivity contribution in [2.75, 3.05) is 40.0 Å². The third kappa shape index (κ3) is 24.4. The van der Waals surface area contributed by atoms with Crippen LogP contribution in [0, 0.1) is 0 Å². The predicted octanol–water partition coefficient (Wildman–Crippen LogP) is 8.39. The fourth-order valence-corrected chi connectivity index (χ4v) is 4.24. The molecule has 0 aromatic carbocycles. The molecule has 3 amide bonds. The minimum atomic E-state index is -0.563. The van der Waals surface area contributed by atoms with Crippen molar-refractivity contribution in [3.05, 3.63) is 0 Å². The van der Waals surface area contributed by atoms with E-state index in [1.807, 2.05) is 20.8 Å². The Hall–Kier alpha value is -1.91. The van der Waals surface area contributed by atoms with Gasteiger partial charge in [-0.3, -0.25) is 24.1 Å². The minimum absolute atomic E-state index is 0.0291. The fourth-order valence-electron chi connectivity index (χ4n) is 4.24. The third-order valence-electron chi connectivity index (χ3n) is 7.00. The molecule has 0 saturated heterocycles. The van der Waals surface area contributed by atoms with Crippen LogP contribution < -0.4 is 0 Å². The van der Waals surface area contributed by atoms with Crippen molar-refractivity contribution in [3.8, 4) is 0 Å². The molecule has 0 aromatic heterocycles. The number of ether oxygens (including phenoxy) is 1. The van der Waals surface area contributed by atoms with Gasteiger partial charge in [-0.25, -0.2) is 14.9 Å². The van der Waals surface area contributed by atoms with Gasteiger partial charge in [0.25, 0.3) is 0 Å². The second kappa shape index (κ2) is 27.4. The first-order valence-electron chi connectivity index (χ1n) is 17.5. The van der Waals surface area contributed by atoms with E-state index in [-0.39, 0.29) is 11.8 Å². The monoisotopic (exact) mass is 629 g/mol. The third-order valence-corrected chi connectivity index (χ3v) is 7.00. The van der Waals surface area contributed by atoms with Gasteiger partial charge in [0.2, 0.25) is 11.8 Å². The molecule has 0 aliphatic carbocycles. The molecule has 10 nitrogen and oxygen atoms in total. The predicted molar refractivity (Wildman–Crippen MR) is 175 cm³/mol. The number of hydrogen-bond donors (Lipinski definition) is 0. The normalized spacial score (nSPS) is 11.4. The maximum absolute atomic E-state index is 12.9. The standard InChI is InChI=1S/C34H67N3O7/c1-8-11-28-41-35(7)31(38)24-20-16-14-18-22-26-36(42-29-12-9-2)32(39)25-21-17-15-19-23-27-37(43-30-13-10-3)33(40)44-34(4,5)6/h8-30H2,1-7H3. The number of carbonyl (C=O) groups is 3. The van der Waals surface area contributed by atoms with Gasteiger partial charge in [-0.15, -0.1) is 0 Å². The van der Waals surface area contributed by atoms with Crippen LogP contribution >= 0.6 is 0 Å². The SMILES string of the molecule is CCCCON(C)C(=O)CCCCCCCN(OCCCC)C(=O)CCCCCCCN(OCCCC)C(=O)OC(C)(C)C. The number of nitrogens with zero attached hydrogens (tertiary/aromatic N) is 3. The van der Waals surface area contributed by atoms with Gasteiger partial charge in [0.05, 0.1) is 26.4 Å². The Labute approximate surface area is 269 Å². The molecule has 0 aliphatic heterocycles. The molecule has 260 valence electrons. The summed E-state index contributed by atoms with van der Waals surface area (Å²) in [4.78, 5) is 54.5. The number of carbonyl (C=O) groups excluding carboxylic acids is 3. The van der Waals surface area contributed by atoms with Gasteiger partial charge in [-0.2, -0.15) is 5.06 Å². The summed E-state index contributed by atoms with van der Waals surface area (Å²) in [6.07, 6.45) is 15.7. The van der Waals surface area contributed by atoms with Crippen LogP contribution in [0.4, 0.5) is 4.79 Å². The zero-order valence-electron chi connectivity index (χ0n) is 29.5. The maximum Gasteiger partial charge on any atom is 0.434 e. The molecule has 0 fully saturated rings. The van der Waals surface area contributed by atoms with E-state index in [1.54, 1.807) is 12.1 Å². The summed E-state index contributed by atoms with van der Waals surface area (Å²) in [5.41, 5.74) is -0.563. The Balaban J connectivity index is 4.29. The van der Waals surface area contributed by atoms with Crippen LogP contribution in [0.5, 0.6) is 0 Å². The second-order valence-electron chi connectivity index (χ2n) is 12.6. The van der Waals surface area contributed by atoms with E-state index in [2.05, 4.69) is 20.8 Å². The molecule has 0 bridgehead atoms. The van der Waals surface area contributed by atoms with E-state index in [4.69, 9.17) is 19.2 Å². The highest BCUT2D eigenvalue weighted by Gasteiger charge is 2.22. The van der Waals surface area contributed by atoms with Crippen molar-refractivity contribution >= 4 is 17.9 Å². The molecule has 10 heteroatoms. The van der Waals surface area contributed by atoms with E-state index >= 15 is 0 Å². The lowest BCUT2D eigenvalue weighted by Crippen LogP contribution is -2.37. The van der Waals surface area contributed by atoms with E-state index in [9.17, 15) is 14.4 Å². The second-order valence-corrected chi connectivity index (χ2v) is 12.6. The molecule has 0 saturated carbocycles. The summed E-state index contributed by atoms with van der Waals surface area (Å²) in [7, 11) is 1.69. The Morgan fingerprint density at radius 3 is 1.43 bits per heavy atom. The first-order chi connectivity index (χ1) is 21.1. The maximum atomic E-state index is 12.9. The van der Waals surface area contributed by atoms with E-state index in [1.165, 1.54) is 10.1 Å². The first kappa shape index (κ1) is 42.1. The lowest BCUT2D eigenvalue weighted by atomic mass is 10.1. The zero-order valence-corrected chi connectivity index (χ0v) is 29.5. The average Bonchev–Trinajstić information content (AvgIpc) is 2.97. The summed E-state index contributed by atoms with van der Waals surface area (Å²) >= 11 is 0. The molecule has 0 heterocycles. The number of rotatable bonds is 28. The molecule has 0 rings (SSSR count). The van der Waals surface area contributed by atoms with E-state index in [0.29, 0.717) is 45.8 Å². The van der Waals surface area contributed by atoms with Crippen LogP contribution in [0.1, 0.15) is 157 Å². The Bertz CT molecular complexity index is 730. The summed E-state index contributed by atoms with van der Waals surface area (Å²) in [6, 6.07) is 0. The Morgan fingerprint density at radius 1 is 0.523 bits per heavy atom. The molecule has 0 atom stereocenters.